The van der Waals surface area contributed by atoms with E-state index in [-0.39, 0.29) is 0 Å². The SMILES string of the molecule is CCSC1NC(=O)NC(=O)C1F. The number of rotatable bonds is 2. The number of alkyl halides is 1. The maximum atomic E-state index is 13.0. The zero-order chi connectivity index (χ0) is 9.14. The van der Waals surface area contributed by atoms with E-state index in [9.17, 15) is 14.0 Å². The number of halogens is 1. The standard InChI is InChI=1S/C6H9FN2O2S/c1-2-12-5-3(7)4(10)8-6(11)9-5/h3,5H,2H2,1H3,(H2,8,9,10,11). The van der Waals surface area contributed by atoms with Gasteiger partial charge >= 0.3 is 6.03 Å². The molecule has 1 rings (SSSR count). The van der Waals surface area contributed by atoms with E-state index in [1.54, 1.807) is 0 Å². The molecule has 0 saturated carbocycles. The molecule has 1 heterocycles. The lowest BCUT2D eigenvalue weighted by atomic mass is 10.3. The number of thioether (sulfide) groups is 1. The van der Waals surface area contributed by atoms with Crippen LogP contribution in [-0.2, 0) is 4.79 Å². The van der Waals surface area contributed by atoms with Gasteiger partial charge in [0.1, 0.15) is 5.37 Å². The van der Waals surface area contributed by atoms with Crippen LogP contribution in [0.5, 0.6) is 0 Å². The summed E-state index contributed by atoms with van der Waals surface area (Å²) < 4.78 is 13.0. The molecule has 2 N–H and O–H groups in total. The second-order valence-corrected chi connectivity index (χ2v) is 3.66. The van der Waals surface area contributed by atoms with E-state index in [0.717, 1.165) is 0 Å². The van der Waals surface area contributed by atoms with Gasteiger partial charge in [-0.1, -0.05) is 6.92 Å². The summed E-state index contributed by atoms with van der Waals surface area (Å²) in [5.74, 6) is -0.205. The van der Waals surface area contributed by atoms with Gasteiger partial charge in [-0.25, -0.2) is 9.18 Å². The lowest BCUT2D eigenvalue weighted by Gasteiger charge is -2.25. The van der Waals surface area contributed by atoms with Gasteiger partial charge in [0.15, 0.2) is 0 Å². The van der Waals surface area contributed by atoms with Gasteiger partial charge in [-0.2, -0.15) is 0 Å². The topological polar surface area (TPSA) is 58.2 Å². The lowest BCUT2D eigenvalue weighted by molar-refractivity contribution is -0.125. The minimum atomic E-state index is -1.65. The molecule has 1 fully saturated rings. The predicted octanol–water partition coefficient (Wildman–Crippen LogP) is 0.243. The summed E-state index contributed by atoms with van der Waals surface area (Å²) in [5.41, 5.74) is 0. The highest BCUT2D eigenvalue weighted by Gasteiger charge is 2.35. The van der Waals surface area contributed by atoms with E-state index in [1.807, 2.05) is 12.2 Å². The summed E-state index contributed by atoms with van der Waals surface area (Å²) in [7, 11) is 0. The van der Waals surface area contributed by atoms with Crippen molar-refractivity contribution in [3.8, 4) is 0 Å². The zero-order valence-electron chi connectivity index (χ0n) is 6.46. The van der Waals surface area contributed by atoms with E-state index in [1.165, 1.54) is 11.8 Å². The third kappa shape index (κ3) is 1.88. The summed E-state index contributed by atoms with van der Waals surface area (Å²) >= 11 is 1.20. The van der Waals surface area contributed by atoms with Crippen molar-refractivity contribution in [2.45, 2.75) is 18.5 Å². The van der Waals surface area contributed by atoms with Gasteiger partial charge in [-0.3, -0.25) is 10.1 Å². The fourth-order valence-electron chi connectivity index (χ4n) is 0.862. The Morgan fingerprint density at radius 3 is 2.83 bits per heavy atom. The van der Waals surface area contributed by atoms with Crippen molar-refractivity contribution in [3.63, 3.8) is 0 Å². The van der Waals surface area contributed by atoms with Crippen LogP contribution in [0.2, 0.25) is 0 Å². The molecule has 4 nitrogen and oxygen atoms in total. The molecule has 1 aliphatic heterocycles. The van der Waals surface area contributed by atoms with Crippen LogP contribution < -0.4 is 10.6 Å². The minimum Gasteiger partial charge on any atom is -0.322 e. The number of carbonyl (C=O) groups is 2. The Balaban J connectivity index is 2.59. The summed E-state index contributed by atoms with van der Waals surface area (Å²) in [5, 5.41) is 3.42. The molecule has 0 aliphatic carbocycles. The molecular weight excluding hydrogens is 183 g/mol. The molecule has 0 bridgehead atoms. The second-order valence-electron chi connectivity index (χ2n) is 2.24. The maximum Gasteiger partial charge on any atom is 0.322 e. The molecular formula is C6H9FN2O2S. The molecule has 6 heteroatoms. The monoisotopic (exact) mass is 192 g/mol. The average Bonchev–Trinajstić information content (AvgIpc) is 2.00. The van der Waals surface area contributed by atoms with Gasteiger partial charge in [0.05, 0.1) is 0 Å². The smallest absolute Gasteiger partial charge is 0.322 e. The molecule has 0 aromatic carbocycles. The van der Waals surface area contributed by atoms with Crippen molar-refractivity contribution < 1.29 is 14.0 Å². The van der Waals surface area contributed by atoms with Crippen LogP contribution in [0.1, 0.15) is 6.92 Å². The highest BCUT2D eigenvalue weighted by atomic mass is 32.2. The number of hydrogen-bond acceptors (Lipinski definition) is 3. The Kier molecular flexibility index (Phi) is 2.91. The van der Waals surface area contributed by atoms with Crippen LogP contribution in [0.3, 0.4) is 0 Å². The van der Waals surface area contributed by atoms with Crippen LogP contribution in [0.4, 0.5) is 9.18 Å². The van der Waals surface area contributed by atoms with Crippen LogP contribution in [0.25, 0.3) is 0 Å². The number of hydrogen-bond donors (Lipinski definition) is 2. The van der Waals surface area contributed by atoms with E-state index in [4.69, 9.17) is 0 Å². The molecule has 2 unspecified atom stereocenters. The van der Waals surface area contributed by atoms with Crippen molar-refractivity contribution in [3.05, 3.63) is 0 Å². The van der Waals surface area contributed by atoms with Crippen molar-refractivity contribution >= 4 is 23.7 Å². The van der Waals surface area contributed by atoms with E-state index in [2.05, 4.69) is 5.32 Å². The van der Waals surface area contributed by atoms with Crippen molar-refractivity contribution in [1.29, 1.82) is 0 Å². The molecule has 68 valence electrons. The summed E-state index contributed by atoms with van der Waals surface area (Å²) in [6.07, 6.45) is -1.65. The molecule has 2 atom stereocenters. The van der Waals surface area contributed by atoms with Gasteiger partial charge in [-0.15, -0.1) is 11.8 Å². The maximum absolute atomic E-state index is 13.0. The second kappa shape index (κ2) is 3.75. The average molecular weight is 192 g/mol. The molecule has 0 spiro atoms. The van der Waals surface area contributed by atoms with Crippen molar-refractivity contribution in [1.82, 2.24) is 10.6 Å². The Labute approximate surface area is 73.3 Å². The van der Waals surface area contributed by atoms with Crippen molar-refractivity contribution in [2.75, 3.05) is 5.75 Å². The normalized spacial score (nSPS) is 29.5. The first-order chi connectivity index (χ1) is 5.65. The Bertz CT molecular complexity index is 212. The molecule has 3 amide bonds. The third-order valence-electron chi connectivity index (χ3n) is 1.37. The molecule has 1 aliphatic rings. The molecule has 0 aromatic rings. The third-order valence-corrected chi connectivity index (χ3v) is 2.42. The summed E-state index contributed by atoms with van der Waals surface area (Å²) in [6.45, 7) is 1.83. The Morgan fingerprint density at radius 2 is 2.25 bits per heavy atom. The van der Waals surface area contributed by atoms with Gasteiger partial charge in [0.2, 0.25) is 6.17 Å². The minimum absolute atomic E-state index is 0.625. The van der Waals surface area contributed by atoms with Gasteiger partial charge < -0.3 is 5.32 Å². The van der Waals surface area contributed by atoms with Crippen LogP contribution >= 0.6 is 11.8 Å². The summed E-state index contributed by atoms with van der Waals surface area (Å²) in [4.78, 5) is 21.4. The fraction of sp³-hybridized carbons (Fsp3) is 0.667. The molecule has 0 radical (unpaired) electrons. The molecule has 12 heavy (non-hydrogen) atoms. The Hall–Kier alpha value is -0.780. The summed E-state index contributed by atoms with van der Waals surface area (Å²) in [6, 6.07) is -0.625. The van der Waals surface area contributed by atoms with Gasteiger partial charge in [-0.05, 0) is 5.75 Å². The van der Waals surface area contributed by atoms with Gasteiger partial charge in [0.25, 0.3) is 5.91 Å². The largest absolute Gasteiger partial charge is 0.322 e. The highest BCUT2D eigenvalue weighted by Crippen LogP contribution is 2.16. The lowest BCUT2D eigenvalue weighted by Crippen LogP contribution is -2.58. The van der Waals surface area contributed by atoms with Crippen LogP contribution in [0, 0.1) is 0 Å². The van der Waals surface area contributed by atoms with Crippen molar-refractivity contribution in [2.24, 2.45) is 0 Å². The predicted molar refractivity (Wildman–Crippen MR) is 43.5 cm³/mol. The van der Waals surface area contributed by atoms with Gasteiger partial charge in [0, 0.05) is 0 Å². The van der Waals surface area contributed by atoms with Crippen LogP contribution in [0.15, 0.2) is 0 Å². The first kappa shape index (κ1) is 9.31. The van der Waals surface area contributed by atoms with E-state index < -0.39 is 23.5 Å². The quantitative estimate of drug-likeness (QED) is 0.659. The highest BCUT2D eigenvalue weighted by molar-refractivity contribution is 7.99. The number of imide groups is 1. The van der Waals surface area contributed by atoms with E-state index in [0.29, 0.717) is 5.75 Å². The Morgan fingerprint density at radius 1 is 1.58 bits per heavy atom. The first-order valence-corrected chi connectivity index (χ1v) is 4.57. The number of amides is 3. The zero-order valence-corrected chi connectivity index (χ0v) is 7.28. The van der Waals surface area contributed by atoms with Crippen LogP contribution in [-0.4, -0.2) is 29.2 Å². The molecule has 1 saturated heterocycles. The fourth-order valence-corrected chi connectivity index (χ4v) is 1.70. The number of carbonyl (C=O) groups excluding carboxylic acids is 2. The number of urea groups is 1. The first-order valence-electron chi connectivity index (χ1n) is 3.52. The van der Waals surface area contributed by atoms with E-state index >= 15 is 0 Å². The number of nitrogens with one attached hydrogen (secondary N) is 2. The molecule has 0 aromatic heterocycles.